The molecule has 0 radical (unpaired) electrons. The van der Waals surface area contributed by atoms with E-state index in [2.05, 4.69) is 10.6 Å². The van der Waals surface area contributed by atoms with Crippen LogP contribution in [-0.4, -0.2) is 18.6 Å². The van der Waals surface area contributed by atoms with Crippen molar-refractivity contribution in [3.8, 4) is 0 Å². The van der Waals surface area contributed by atoms with E-state index in [0.717, 1.165) is 11.1 Å². The van der Waals surface area contributed by atoms with Gasteiger partial charge < -0.3 is 10.1 Å². The smallest absolute Gasteiger partial charge is 0.341 e. The Morgan fingerprint density at radius 1 is 1.17 bits per heavy atom. The Balaban J connectivity index is 1.97. The summed E-state index contributed by atoms with van der Waals surface area (Å²) < 4.78 is 5.03. The first-order valence-corrected chi connectivity index (χ1v) is 8.24. The van der Waals surface area contributed by atoms with E-state index in [-0.39, 0.29) is 6.03 Å². The number of anilines is 1. The molecule has 0 aliphatic heterocycles. The number of carbonyl (C=O) groups is 2. The molecule has 0 spiro atoms. The minimum Gasteiger partial charge on any atom is -0.462 e. The second-order valence-electron chi connectivity index (χ2n) is 5.14. The minimum absolute atomic E-state index is 0.299. The van der Waals surface area contributed by atoms with Crippen LogP contribution in [0.2, 0.25) is 0 Å². The normalized spacial score (nSPS) is 10.2. The first kappa shape index (κ1) is 17.0. The van der Waals surface area contributed by atoms with Gasteiger partial charge in [-0.05, 0) is 37.3 Å². The average Bonchev–Trinajstić information content (AvgIpc) is 2.87. The number of amides is 2. The second-order valence-corrected chi connectivity index (χ2v) is 6.02. The maximum Gasteiger partial charge on any atom is 0.341 e. The molecule has 23 heavy (non-hydrogen) atoms. The lowest BCUT2D eigenvalue weighted by molar-refractivity contribution is 0.0527. The van der Waals surface area contributed by atoms with Crippen LogP contribution >= 0.6 is 11.3 Å². The predicted octanol–water partition coefficient (Wildman–Crippen LogP) is 3.86. The SMILES string of the molecule is CCOC(=O)c1c(C)csc1NC(=O)NCc1ccc(C)cc1. The van der Waals surface area contributed by atoms with Gasteiger partial charge in [-0.3, -0.25) is 5.32 Å². The Morgan fingerprint density at radius 3 is 2.52 bits per heavy atom. The topological polar surface area (TPSA) is 67.4 Å². The Hall–Kier alpha value is -2.34. The lowest BCUT2D eigenvalue weighted by atomic mass is 10.1. The van der Waals surface area contributed by atoms with Crippen LogP contribution in [0.1, 0.15) is 34.0 Å². The minimum atomic E-state index is -0.417. The number of esters is 1. The van der Waals surface area contributed by atoms with Crippen molar-refractivity contribution in [1.29, 1.82) is 0 Å². The highest BCUT2D eigenvalue weighted by atomic mass is 32.1. The van der Waals surface area contributed by atoms with E-state index in [4.69, 9.17) is 4.74 Å². The maximum absolute atomic E-state index is 12.0. The molecule has 0 fully saturated rings. The van der Waals surface area contributed by atoms with Crippen LogP contribution in [0, 0.1) is 13.8 Å². The molecule has 0 aliphatic rings. The Kier molecular flexibility index (Phi) is 5.76. The highest BCUT2D eigenvalue weighted by Crippen LogP contribution is 2.28. The molecule has 2 rings (SSSR count). The van der Waals surface area contributed by atoms with Gasteiger partial charge in [-0.25, -0.2) is 9.59 Å². The zero-order valence-electron chi connectivity index (χ0n) is 13.4. The van der Waals surface area contributed by atoms with Gasteiger partial charge >= 0.3 is 12.0 Å². The molecule has 2 N–H and O–H groups in total. The van der Waals surface area contributed by atoms with Gasteiger partial charge in [0, 0.05) is 6.54 Å². The zero-order valence-corrected chi connectivity index (χ0v) is 14.3. The van der Waals surface area contributed by atoms with Crippen molar-refractivity contribution < 1.29 is 14.3 Å². The molecule has 1 aromatic heterocycles. The number of aryl methyl sites for hydroxylation is 2. The van der Waals surface area contributed by atoms with Crippen LogP contribution in [0.3, 0.4) is 0 Å². The number of rotatable bonds is 5. The first-order chi connectivity index (χ1) is 11.0. The molecule has 2 aromatic rings. The van der Waals surface area contributed by atoms with Gasteiger partial charge in [0.15, 0.2) is 0 Å². The molecule has 0 unspecified atom stereocenters. The third-order valence-corrected chi connectivity index (χ3v) is 4.27. The standard InChI is InChI=1S/C17H20N2O3S/c1-4-22-16(20)14-12(3)10-23-15(14)19-17(21)18-9-13-7-5-11(2)6-8-13/h5-8,10H,4,9H2,1-3H3,(H2,18,19,21). The Morgan fingerprint density at radius 2 is 1.87 bits per heavy atom. The van der Waals surface area contributed by atoms with Crippen LogP contribution in [0.5, 0.6) is 0 Å². The summed E-state index contributed by atoms with van der Waals surface area (Å²) in [6, 6.07) is 7.58. The molecule has 0 saturated carbocycles. The van der Waals surface area contributed by atoms with Crippen molar-refractivity contribution >= 4 is 28.3 Å². The third kappa shape index (κ3) is 4.56. The number of thiophene rings is 1. The van der Waals surface area contributed by atoms with E-state index in [1.165, 1.54) is 16.9 Å². The van der Waals surface area contributed by atoms with Gasteiger partial charge in [-0.15, -0.1) is 11.3 Å². The molecule has 1 heterocycles. The Bertz CT molecular complexity index is 692. The number of ether oxygens (including phenoxy) is 1. The average molecular weight is 332 g/mol. The molecule has 2 amide bonds. The molecular weight excluding hydrogens is 312 g/mol. The molecule has 0 saturated heterocycles. The maximum atomic E-state index is 12.0. The quantitative estimate of drug-likeness (QED) is 0.817. The third-order valence-electron chi connectivity index (χ3n) is 3.26. The van der Waals surface area contributed by atoms with E-state index >= 15 is 0 Å². The van der Waals surface area contributed by atoms with Crippen LogP contribution in [-0.2, 0) is 11.3 Å². The molecule has 0 bridgehead atoms. The van der Waals surface area contributed by atoms with Gasteiger partial charge in [0.05, 0.1) is 12.2 Å². The first-order valence-electron chi connectivity index (χ1n) is 7.37. The molecule has 6 heteroatoms. The molecular formula is C17H20N2O3S. The summed E-state index contributed by atoms with van der Waals surface area (Å²) in [5, 5.41) is 7.82. The highest BCUT2D eigenvalue weighted by Gasteiger charge is 2.19. The summed E-state index contributed by atoms with van der Waals surface area (Å²) >= 11 is 1.31. The van der Waals surface area contributed by atoms with Gasteiger partial charge in [-0.2, -0.15) is 0 Å². The summed E-state index contributed by atoms with van der Waals surface area (Å²) in [6.45, 7) is 6.30. The van der Waals surface area contributed by atoms with Crippen molar-refractivity contribution in [3.05, 3.63) is 51.9 Å². The van der Waals surface area contributed by atoms with Crippen molar-refractivity contribution in [2.24, 2.45) is 0 Å². The fourth-order valence-electron chi connectivity index (χ4n) is 2.03. The van der Waals surface area contributed by atoms with Crippen LogP contribution in [0.4, 0.5) is 9.80 Å². The molecule has 1 aromatic carbocycles. The summed E-state index contributed by atoms with van der Waals surface area (Å²) in [5.41, 5.74) is 3.40. The summed E-state index contributed by atoms with van der Waals surface area (Å²) in [6.07, 6.45) is 0. The van der Waals surface area contributed by atoms with E-state index in [9.17, 15) is 9.59 Å². The summed E-state index contributed by atoms with van der Waals surface area (Å²) in [7, 11) is 0. The van der Waals surface area contributed by atoms with Crippen LogP contribution in [0.15, 0.2) is 29.6 Å². The second kappa shape index (κ2) is 7.78. The summed E-state index contributed by atoms with van der Waals surface area (Å²) in [5.74, 6) is -0.417. The van der Waals surface area contributed by atoms with Crippen molar-refractivity contribution in [2.75, 3.05) is 11.9 Å². The van der Waals surface area contributed by atoms with Crippen molar-refractivity contribution in [3.63, 3.8) is 0 Å². The number of urea groups is 1. The summed E-state index contributed by atoms with van der Waals surface area (Å²) in [4.78, 5) is 24.0. The van der Waals surface area contributed by atoms with Crippen LogP contribution in [0.25, 0.3) is 0 Å². The van der Waals surface area contributed by atoms with E-state index in [1.807, 2.05) is 43.5 Å². The number of carbonyl (C=O) groups excluding carboxylic acids is 2. The van der Waals surface area contributed by atoms with Gasteiger partial charge in [0.25, 0.3) is 0 Å². The Labute approximate surface area is 139 Å². The molecule has 0 atom stereocenters. The monoisotopic (exact) mass is 332 g/mol. The lowest BCUT2D eigenvalue weighted by Gasteiger charge is -2.09. The number of nitrogens with one attached hydrogen (secondary N) is 2. The molecule has 5 nitrogen and oxygen atoms in total. The number of hydrogen-bond acceptors (Lipinski definition) is 4. The van der Waals surface area contributed by atoms with Crippen molar-refractivity contribution in [2.45, 2.75) is 27.3 Å². The van der Waals surface area contributed by atoms with Crippen molar-refractivity contribution in [1.82, 2.24) is 5.32 Å². The molecule has 122 valence electrons. The fraction of sp³-hybridized carbons (Fsp3) is 0.294. The number of benzene rings is 1. The van der Waals surface area contributed by atoms with Gasteiger partial charge in [0.1, 0.15) is 5.00 Å². The highest BCUT2D eigenvalue weighted by molar-refractivity contribution is 7.15. The largest absolute Gasteiger partial charge is 0.462 e. The fourth-order valence-corrected chi connectivity index (χ4v) is 2.96. The van der Waals surface area contributed by atoms with Gasteiger partial charge in [-0.1, -0.05) is 29.8 Å². The number of hydrogen-bond donors (Lipinski definition) is 2. The molecule has 0 aliphatic carbocycles. The van der Waals surface area contributed by atoms with E-state index in [1.54, 1.807) is 6.92 Å². The lowest BCUT2D eigenvalue weighted by Crippen LogP contribution is -2.28. The van der Waals surface area contributed by atoms with E-state index in [0.29, 0.717) is 23.7 Å². The van der Waals surface area contributed by atoms with Gasteiger partial charge in [0.2, 0.25) is 0 Å². The predicted molar refractivity (Wildman–Crippen MR) is 92.0 cm³/mol. The van der Waals surface area contributed by atoms with Crippen LogP contribution < -0.4 is 10.6 Å². The van der Waals surface area contributed by atoms with E-state index < -0.39 is 5.97 Å². The zero-order chi connectivity index (χ0) is 16.8.